The predicted molar refractivity (Wildman–Crippen MR) is 113 cm³/mol. The maximum atomic E-state index is 13.0. The number of rotatable bonds is 5. The lowest BCUT2D eigenvalue weighted by molar-refractivity contribution is 0.337. The van der Waals surface area contributed by atoms with Crippen LogP contribution in [0.2, 0.25) is 0 Å². The summed E-state index contributed by atoms with van der Waals surface area (Å²) in [5.74, 6) is 1.51. The van der Waals surface area contributed by atoms with E-state index in [9.17, 15) is 13.7 Å². The number of anilines is 1. The summed E-state index contributed by atoms with van der Waals surface area (Å²) in [6, 6.07) is 9.37. The van der Waals surface area contributed by atoms with Crippen molar-refractivity contribution < 1.29 is 17.6 Å². The third-order valence-corrected chi connectivity index (χ3v) is 8.28. The summed E-state index contributed by atoms with van der Waals surface area (Å²) in [5, 5.41) is 9.15. The van der Waals surface area contributed by atoms with Gasteiger partial charge >= 0.3 is 0 Å². The molecule has 0 N–H and O–H groups in total. The largest absolute Gasteiger partial charge is 0.497 e. The van der Waals surface area contributed by atoms with Gasteiger partial charge in [0, 0.05) is 31.7 Å². The van der Waals surface area contributed by atoms with E-state index in [-0.39, 0.29) is 10.9 Å². The van der Waals surface area contributed by atoms with Crippen molar-refractivity contribution in [3.05, 3.63) is 30.0 Å². The topological polar surface area (TPSA) is 99.7 Å². The van der Waals surface area contributed by atoms with Crippen molar-refractivity contribution in [2.75, 3.05) is 38.2 Å². The van der Waals surface area contributed by atoms with Crippen LogP contribution in [0.5, 0.6) is 5.75 Å². The van der Waals surface area contributed by atoms with Crippen LogP contribution in [-0.2, 0) is 10.0 Å². The average Bonchev–Trinajstić information content (AvgIpc) is 3.24. The first-order valence-corrected chi connectivity index (χ1v) is 11.8. The molecule has 8 nitrogen and oxygen atoms in total. The van der Waals surface area contributed by atoms with Crippen LogP contribution >= 0.6 is 0 Å². The molecule has 0 aliphatic carbocycles. The Morgan fingerprint density at radius 2 is 1.77 bits per heavy atom. The Balaban J connectivity index is 1.48. The Kier molecular flexibility index (Phi) is 5.97. The molecule has 1 aromatic heterocycles. The summed E-state index contributed by atoms with van der Waals surface area (Å²) in [6.07, 6.45) is 4.01. The third kappa shape index (κ3) is 4.02. The monoisotopic (exact) mass is 430 g/mol. The molecular weight excluding hydrogens is 404 g/mol. The van der Waals surface area contributed by atoms with Crippen LogP contribution in [0.15, 0.2) is 28.7 Å². The van der Waals surface area contributed by atoms with Crippen LogP contribution in [-0.4, -0.2) is 56.2 Å². The van der Waals surface area contributed by atoms with Crippen molar-refractivity contribution in [3.63, 3.8) is 0 Å². The Morgan fingerprint density at radius 3 is 2.37 bits per heavy atom. The number of piperidine rings is 2. The molecule has 2 aliphatic heterocycles. The fraction of sp³-hybridized carbons (Fsp3) is 0.524. The maximum absolute atomic E-state index is 13.0. The second-order valence-corrected chi connectivity index (χ2v) is 9.92. The molecule has 0 spiro atoms. The number of oxazole rings is 1. The van der Waals surface area contributed by atoms with E-state index in [2.05, 4.69) is 11.1 Å². The minimum Gasteiger partial charge on any atom is -0.497 e. The van der Waals surface area contributed by atoms with Gasteiger partial charge in [-0.2, -0.15) is 10.2 Å². The summed E-state index contributed by atoms with van der Waals surface area (Å²) in [5.41, 5.74) is 0.972. The third-order valence-electron chi connectivity index (χ3n) is 5.88. The quantitative estimate of drug-likeness (QED) is 0.719. The Hall–Kier alpha value is -2.57. The summed E-state index contributed by atoms with van der Waals surface area (Å²) in [4.78, 5) is 6.27. The number of hydrogen-bond acceptors (Lipinski definition) is 7. The van der Waals surface area contributed by atoms with Crippen molar-refractivity contribution in [2.45, 2.75) is 37.4 Å². The van der Waals surface area contributed by atoms with Crippen LogP contribution in [0.1, 0.15) is 37.8 Å². The first-order chi connectivity index (χ1) is 14.5. The Labute approximate surface area is 177 Å². The number of ether oxygens (including phenoxy) is 1. The van der Waals surface area contributed by atoms with Gasteiger partial charge in [0.05, 0.1) is 12.4 Å². The molecule has 0 unspecified atom stereocenters. The molecule has 160 valence electrons. The van der Waals surface area contributed by atoms with Crippen LogP contribution in [0, 0.1) is 11.3 Å². The van der Waals surface area contributed by atoms with Crippen LogP contribution in [0.4, 0.5) is 5.88 Å². The van der Waals surface area contributed by atoms with Crippen molar-refractivity contribution in [1.29, 1.82) is 5.26 Å². The fourth-order valence-corrected chi connectivity index (χ4v) is 6.14. The molecule has 2 aliphatic rings. The molecule has 2 aromatic rings. The molecule has 9 heteroatoms. The zero-order chi connectivity index (χ0) is 21.1. The zero-order valence-electron chi connectivity index (χ0n) is 17.1. The number of nitriles is 1. The van der Waals surface area contributed by atoms with Gasteiger partial charge in [-0.3, -0.25) is 0 Å². The van der Waals surface area contributed by atoms with E-state index < -0.39 is 10.0 Å². The molecule has 0 saturated carbocycles. The van der Waals surface area contributed by atoms with Crippen molar-refractivity contribution in [2.24, 2.45) is 0 Å². The van der Waals surface area contributed by atoms with Crippen LogP contribution < -0.4 is 9.64 Å². The van der Waals surface area contributed by atoms with E-state index >= 15 is 0 Å². The Morgan fingerprint density at radius 1 is 1.10 bits per heavy atom. The zero-order valence-corrected chi connectivity index (χ0v) is 17.9. The van der Waals surface area contributed by atoms with Crippen LogP contribution in [0.3, 0.4) is 0 Å². The maximum Gasteiger partial charge on any atom is 0.235 e. The first-order valence-electron chi connectivity index (χ1n) is 10.3. The molecule has 0 atom stereocenters. The minimum absolute atomic E-state index is 0.221. The highest BCUT2D eigenvalue weighted by Gasteiger charge is 2.36. The molecule has 0 amide bonds. The lowest BCUT2D eigenvalue weighted by atomic mass is 10.1. The van der Waals surface area contributed by atoms with E-state index in [0.29, 0.717) is 50.8 Å². The van der Waals surface area contributed by atoms with E-state index in [1.54, 1.807) is 11.4 Å². The minimum atomic E-state index is -3.27. The van der Waals surface area contributed by atoms with Crippen molar-refractivity contribution in [1.82, 2.24) is 9.29 Å². The number of benzene rings is 1. The van der Waals surface area contributed by atoms with Gasteiger partial charge in [0.15, 0.2) is 0 Å². The highest BCUT2D eigenvalue weighted by Crippen LogP contribution is 2.32. The number of aromatic nitrogens is 1. The number of nitrogens with zero attached hydrogens (tertiary/aromatic N) is 4. The van der Waals surface area contributed by atoms with Crippen molar-refractivity contribution >= 4 is 15.9 Å². The summed E-state index contributed by atoms with van der Waals surface area (Å²) in [6.45, 7) is 2.30. The van der Waals surface area contributed by atoms with Gasteiger partial charge in [0.2, 0.25) is 27.5 Å². The number of sulfonamides is 1. The molecule has 4 rings (SSSR count). The lowest BCUT2D eigenvalue weighted by Crippen LogP contribution is -2.46. The number of hydrogen-bond donors (Lipinski definition) is 0. The van der Waals surface area contributed by atoms with Gasteiger partial charge in [-0.1, -0.05) is 6.42 Å². The van der Waals surface area contributed by atoms with Gasteiger partial charge in [-0.25, -0.2) is 12.7 Å². The van der Waals surface area contributed by atoms with E-state index in [1.807, 2.05) is 29.2 Å². The lowest BCUT2D eigenvalue weighted by Gasteiger charge is -2.35. The van der Waals surface area contributed by atoms with E-state index in [4.69, 9.17) is 9.15 Å². The van der Waals surface area contributed by atoms with Gasteiger partial charge in [0.1, 0.15) is 11.8 Å². The SMILES string of the molecule is COc1ccc(-c2nc(C#N)c(N3CCC(S(=O)(=O)N4CCCCC4)CC3)o2)cc1. The molecule has 0 bridgehead atoms. The Bertz CT molecular complexity index is 1010. The molecule has 3 heterocycles. The van der Waals surface area contributed by atoms with Crippen molar-refractivity contribution in [3.8, 4) is 23.3 Å². The molecule has 2 fully saturated rings. The standard InChI is InChI=1S/C21H26N4O4S/c1-28-17-7-5-16(6-8-17)20-23-19(15-22)21(29-20)24-13-9-18(10-14-24)30(26,27)25-11-3-2-4-12-25/h5-8,18H,2-4,9-14H2,1H3. The van der Waals surface area contributed by atoms with E-state index in [1.165, 1.54) is 0 Å². The highest BCUT2D eigenvalue weighted by atomic mass is 32.2. The van der Waals surface area contributed by atoms with E-state index in [0.717, 1.165) is 30.6 Å². The molecule has 1 aromatic carbocycles. The average molecular weight is 431 g/mol. The van der Waals surface area contributed by atoms with Gasteiger partial charge < -0.3 is 14.1 Å². The summed E-state index contributed by atoms with van der Waals surface area (Å²) in [7, 11) is -1.67. The van der Waals surface area contributed by atoms with Crippen LogP contribution in [0.25, 0.3) is 11.5 Å². The smallest absolute Gasteiger partial charge is 0.235 e. The fourth-order valence-electron chi connectivity index (χ4n) is 4.14. The molecular formula is C21H26N4O4S. The van der Waals surface area contributed by atoms with Gasteiger partial charge in [-0.15, -0.1) is 0 Å². The summed E-state index contributed by atoms with van der Waals surface area (Å²) < 4.78 is 38.7. The number of methoxy groups -OCH3 is 1. The second-order valence-electron chi connectivity index (χ2n) is 7.70. The molecule has 0 radical (unpaired) electrons. The normalized spacial score (nSPS) is 18.9. The summed E-state index contributed by atoms with van der Waals surface area (Å²) >= 11 is 0. The van der Waals surface area contributed by atoms with Gasteiger partial charge in [-0.05, 0) is 49.9 Å². The molecule has 30 heavy (non-hydrogen) atoms. The highest BCUT2D eigenvalue weighted by molar-refractivity contribution is 7.89. The first kappa shape index (κ1) is 20.7. The second kappa shape index (κ2) is 8.66. The molecule has 2 saturated heterocycles. The predicted octanol–water partition coefficient (Wildman–Crippen LogP) is 3.01. The van der Waals surface area contributed by atoms with Gasteiger partial charge in [0.25, 0.3) is 0 Å².